The van der Waals surface area contributed by atoms with Gasteiger partial charge in [-0.2, -0.15) is 0 Å². The van der Waals surface area contributed by atoms with Crippen molar-refractivity contribution in [2.45, 2.75) is 12.5 Å². The zero-order chi connectivity index (χ0) is 15.6. The van der Waals surface area contributed by atoms with Gasteiger partial charge in [0.2, 0.25) is 0 Å². The molecule has 2 aromatic carbocycles. The van der Waals surface area contributed by atoms with Crippen molar-refractivity contribution in [1.82, 2.24) is 0 Å². The van der Waals surface area contributed by atoms with Crippen LogP contribution < -0.4 is 9.47 Å². The molecule has 0 amide bonds. The molecule has 0 heterocycles. The molecule has 0 aliphatic heterocycles. The molecular formula is C16H16F2O3. The highest BCUT2D eigenvalue weighted by molar-refractivity contribution is 5.46. The molecule has 0 saturated carbocycles. The highest BCUT2D eigenvalue weighted by Gasteiger charge is 2.33. The van der Waals surface area contributed by atoms with Gasteiger partial charge in [0.25, 0.3) is 0 Å². The summed E-state index contributed by atoms with van der Waals surface area (Å²) in [4.78, 5) is 0. The number of hydrogen-bond donors (Lipinski definition) is 1. The Labute approximate surface area is 121 Å². The lowest BCUT2D eigenvalue weighted by Gasteiger charge is -2.27. The summed E-state index contributed by atoms with van der Waals surface area (Å²) in [5.74, 6) is -1.02. The maximum absolute atomic E-state index is 14.1. The molecule has 3 nitrogen and oxygen atoms in total. The Hall–Kier alpha value is -2.14. The predicted molar refractivity (Wildman–Crippen MR) is 74.6 cm³/mol. The third-order valence-corrected chi connectivity index (χ3v) is 3.40. The highest BCUT2D eigenvalue weighted by atomic mass is 19.1. The molecule has 112 valence electrons. The fourth-order valence-electron chi connectivity index (χ4n) is 2.26. The van der Waals surface area contributed by atoms with E-state index in [9.17, 15) is 13.9 Å². The van der Waals surface area contributed by atoms with Crippen LogP contribution in [0.2, 0.25) is 0 Å². The van der Waals surface area contributed by atoms with Gasteiger partial charge in [-0.05, 0) is 36.8 Å². The van der Waals surface area contributed by atoms with E-state index in [0.29, 0.717) is 0 Å². The first-order valence-electron chi connectivity index (χ1n) is 6.31. The number of benzene rings is 2. The van der Waals surface area contributed by atoms with Crippen molar-refractivity contribution in [3.63, 3.8) is 0 Å². The van der Waals surface area contributed by atoms with Crippen LogP contribution in [0.5, 0.6) is 11.5 Å². The maximum Gasteiger partial charge on any atom is 0.165 e. The number of ether oxygens (including phenoxy) is 2. The smallest absolute Gasteiger partial charge is 0.165 e. The lowest BCUT2D eigenvalue weighted by Crippen LogP contribution is -2.25. The summed E-state index contributed by atoms with van der Waals surface area (Å²) in [5.41, 5.74) is -1.59. The van der Waals surface area contributed by atoms with E-state index < -0.39 is 17.2 Å². The van der Waals surface area contributed by atoms with E-state index in [4.69, 9.17) is 9.47 Å². The summed E-state index contributed by atoms with van der Waals surface area (Å²) in [6, 6.07) is 8.20. The summed E-state index contributed by atoms with van der Waals surface area (Å²) in [7, 11) is 2.72. The number of rotatable bonds is 4. The van der Waals surface area contributed by atoms with E-state index in [1.165, 1.54) is 51.5 Å². The molecule has 0 aromatic heterocycles. The van der Waals surface area contributed by atoms with Gasteiger partial charge in [0.1, 0.15) is 17.2 Å². The van der Waals surface area contributed by atoms with Crippen molar-refractivity contribution in [1.29, 1.82) is 0 Å². The fraction of sp³-hybridized carbons (Fsp3) is 0.250. The van der Waals surface area contributed by atoms with Gasteiger partial charge in [-0.3, -0.25) is 0 Å². The normalized spacial score (nSPS) is 13.6. The average Bonchev–Trinajstić information content (AvgIpc) is 2.46. The molecule has 1 unspecified atom stereocenters. The van der Waals surface area contributed by atoms with Crippen LogP contribution in [0, 0.1) is 11.6 Å². The van der Waals surface area contributed by atoms with Gasteiger partial charge in [-0.25, -0.2) is 8.78 Å². The molecule has 5 heteroatoms. The number of hydrogen-bond acceptors (Lipinski definition) is 3. The van der Waals surface area contributed by atoms with Crippen LogP contribution in [0.25, 0.3) is 0 Å². The van der Waals surface area contributed by atoms with E-state index in [1.807, 2.05) is 0 Å². The predicted octanol–water partition coefficient (Wildman–Crippen LogP) is 3.24. The van der Waals surface area contributed by atoms with Gasteiger partial charge in [-0.15, -0.1) is 0 Å². The summed E-state index contributed by atoms with van der Waals surface area (Å²) in [6.07, 6.45) is 0. The summed E-state index contributed by atoms with van der Waals surface area (Å²) in [6.45, 7) is 1.38. The van der Waals surface area contributed by atoms with Crippen LogP contribution in [0.1, 0.15) is 18.1 Å². The highest BCUT2D eigenvalue weighted by Crippen LogP contribution is 2.38. The Kier molecular flexibility index (Phi) is 4.14. The van der Waals surface area contributed by atoms with Gasteiger partial charge in [0.05, 0.1) is 19.8 Å². The third kappa shape index (κ3) is 2.69. The van der Waals surface area contributed by atoms with Crippen molar-refractivity contribution in [3.8, 4) is 11.5 Å². The molecule has 1 atom stereocenters. The van der Waals surface area contributed by atoms with Gasteiger partial charge in [0, 0.05) is 0 Å². The average molecular weight is 294 g/mol. The molecule has 0 radical (unpaired) electrons. The summed E-state index contributed by atoms with van der Waals surface area (Å²) < 4.78 is 37.8. The van der Waals surface area contributed by atoms with Crippen LogP contribution in [0.4, 0.5) is 8.78 Å². The molecule has 0 aliphatic rings. The van der Waals surface area contributed by atoms with Crippen LogP contribution >= 0.6 is 0 Å². The van der Waals surface area contributed by atoms with E-state index in [1.54, 1.807) is 0 Å². The first-order chi connectivity index (χ1) is 9.91. The van der Waals surface area contributed by atoms with Crippen molar-refractivity contribution in [3.05, 3.63) is 59.2 Å². The van der Waals surface area contributed by atoms with E-state index >= 15 is 0 Å². The topological polar surface area (TPSA) is 38.7 Å². The molecule has 0 saturated heterocycles. The molecule has 0 fully saturated rings. The Bertz CT molecular complexity index is 654. The minimum atomic E-state index is -1.75. The van der Waals surface area contributed by atoms with Crippen molar-refractivity contribution >= 4 is 0 Å². The minimum absolute atomic E-state index is 0.0444. The summed E-state index contributed by atoms with van der Waals surface area (Å²) in [5, 5.41) is 10.7. The standard InChI is InChI=1S/C16H16F2O3/c1-16(19,10-7-8-13(20-2)12(18)9-10)15-11(17)5-4-6-14(15)21-3/h4-9,19H,1-3H3. The van der Waals surface area contributed by atoms with Gasteiger partial charge in [-0.1, -0.05) is 12.1 Å². The largest absolute Gasteiger partial charge is 0.496 e. The van der Waals surface area contributed by atoms with Crippen LogP contribution in [-0.2, 0) is 5.60 Å². The maximum atomic E-state index is 14.1. The lowest BCUT2D eigenvalue weighted by atomic mass is 9.87. The van der Waals surface area contributed by atoms with Crippen molar-refractivity contribution in [2.75, 3.05) is 14.2 Å². The third-order valence-electron chi connectivity index (χ3n) is 3.40. The van der Waals surface area contributed by atoms with Crippen LogP contribution in [0.3, 0.4) is 0 Å². The minimum Gasteiger partial charge on any atom is -0.496 e. The van der Waals surface area contributed by atoms with Crippen LogP contribution in [-0.4, -0.2) is 19.3 Å². The number of aliphatic hydroxyl groups is 1. The second-order valence-electron chi connectivity index (χ2n) is 4.74. The molecule has 2 aromatic rings. The number of methoxy groups -OCH3 is 2. The monoisotopic (exact) mass is 294 g/mol. The lowest BCUT2D eigenvalue weighted by molar-refractivity contribution is 0.0940. The SMILES string of the molecule is COc1ccc(C(C)(O)c2c(F)cccc2OC)cc1F. The molecule has 0 bridgehead atoms. The zero-order valence-corrected chi connectivity index (χ0v) is 12.0. The first-order valence-corrected chi connectivity index (χ1v) is 6.31. The Morgan fingerprint density at radius 1 is 0.952 bits per heavy atom. The second kappa shape index (κ2) is 5.69. The number of halogens is 2. The Morgan fingerprint density at radius 3 is 2.19 bits per heavy atom. The second-order valence-corrected chi connectivity index (χ2v) is 4.74. The van der Waals surface area contributed by atoms with Gasteiger partial charge in [0.15, 0.2) is 11.6 Å². The molecule has 1 N–H and O–H groups in total. The Balaban J connectivity index is 2.59. The quantitative estimate of drug-likeness (QED) is 0.941. The van der Waals surface area contributed by atoms with Crippen molar-refractivity contribution < 1.29 is 23.4 Å². The Morgan fingerprint density at radius 2 is 1.62 bits per heavy atom. The fourth-order valence-corrected chi connectivity index (χ4v) is 2.26. The zero-order valence-electron chi connectivity index (χ0n) is 12.0. The van der Waals surface area contributed by atoms with Gasteiger partial charge < -0.3 is 14.6 Å². The van der Waals surface area contributed by atoms with Crippen molar-refractivity contribution in [2.24, 2.45) is 0 Å². The van der Waals surface area contributed by atoms with E-state index in [2.05, 4.69) is 0 Å². The summed E-state index contributed by atoms with van der Waals surface area (Å²) >= 11 is 0. The van der Waals surface area contributed by atoms with Gasteiger partial charge >= 0.3 is 0 Å². The van der Waals surface area contributed by atoms with E-state index in [0.717, 1.165) is 6.07 Å². The molecule has 0 aliphatic carbocycles. The first kappa shape index (κ1) is 15.3. The molecule has 21 heavy (non-hydrogen) atoms. The van der Waals surface area contributed by atoms with E-state index in [-0.39, 0.29) is 22.6 Å². The molecule has 0 spiro atoms. The van der Waals surface area contributed by atoms with Crippen LogP contribution in [0.15, 0.2) is 36.4 Å². The molecule has 2 rings (SSSR count). The molecular weight excluding hydrogens is 278 g/mol.